The highest BCUT2D eigenvalue weighted by atomic mass is 35.5. The second kappa shape index (κ2) is 4.51. The summed E-state index contributed by atoms with van der Waals surface area (Å²) in [5, 5.41) is 13.5. The number of fused-ring (bicyclic) bond motifs is 1. The van der Waals surface area contributed by atoms with Gasteiger partial charge < -0.3 is 5.73 Å². The molecule has 0 radical (unpaired) electrons. The lowest BCUT2D eigenvalue weighted by Crippen LogP contribution is -1.94. The lowest BCUT2D eigenvalue weighted by atomic mass is 10.1. The summed E-state index contributed by atoms with van der Waals surface area (Å²) in [6.45, 7) is 2.88. The summed E-state index contributed by atoms with van der Waals surface area (Å²) in [6.07, 6.45) is 3.80. The molecule has 3 aromatic rings. The first-order valence-electron chi connectivity index (χ1n) is 5.92. The number of aromatic nitrogens is 4. The molecule has 0 saturated heterocycles. The van der Waals surface area contributed by atoms with Crippen LogP contribution in [0.1, 0.15) is 6.92 Å². The lowest BCUT2D eigenvalue weighted by Gasteiger charge is -2.04. The van der Waals surface area contributed by atoms with E-state index >= 15 is 0 Å². The predicted octanol–water partition coefficient (Wildman–Crippen LogP) is 2.75. The van der Waals surface area contributed by atoms with Gasteiger partial charge in [0.15, 0.2) is 0 Å². The van der Waals surface area contributed by atoms with Crippen LogP contribution in [0.5, 0.6) is 0 Å². The van der Waals surface area contributed by atoms with Crippen LogP contribution in [0.25, 0.3) is 22.0 Å². The Labute approximate surface area is 115 Å². The van der Waals surface area contributed by atoms with Crippen molar-refractivity contribution < 1.29 is 0 Å². The first kappa shape index (κ1) is 11.9. The van der Waals surface area contributed by atoms with Crippen molar-refractivity contribution in [1.82, 2.24) is 20.0 Å². The maximum atomic E-state index is 6.23. The number of aryl methyl sites for hydroxylation is 1. The number of nitrogens with two attached hydrogens (primary N) is 1. The van der Waals surface area contributed by atoms with Crippen LogP contribution in [-0.2, 0) is 6.54 Å². The lowest BCUT2D eigenvalue weighted by molar-refractivity contribution is 0.660. The standard InChI is InChI=1S/C13H12ClN5/c1-2-19-7-10(6-16-19)8-3-9-5-12(15)17-18-13(9)11(14)4-8/h3-7H,2H2,1H3,(H2,15,17). The molecule has 0 atom stereocenters. The van der Waals surface area contributed by atoms with Gasteiger partial charge in [-0.25, -0.2) is 0 Å². The van der Waals surface area contributed by atoms with Gasteiger partial charge in [-0.1, -0.05) is 11.6 Å². The summed E-state index contributed by atoms with van der Waals surface area (Å²) < 4.78 is 1.87. The number of nitrogen functional groups attached to an aromatic ring is 1. The second-order valence-electron chi connectivity index (χ2n) is 4.25. The number of rotatable bonds is 2. The van der Waals surface area contributed by atoms with Crippen molar-refractivity contribution in [3.05, 3.63) is 35.6 Å². The van der Waals surface area contributed by atoms with Crippen molar-refractivity contribution in [2.75, 3.05) is 5.73 Å². The van der Waals surface area contributed by atoms with Gasteiger partial charge >= 0.3 is 0 Å². The summed E-state index contributed by atoms with van der Waals surface area (Å²) in [4.78, 5) is 0. The molecule has 2 N–H and O–H groups in total. The maximum Gasteiger partial charge on any atom is 0.146 e. The third-order valence-electron chi connectivity index (χ3n) is 2.95. The largest absolute Gasteiger partial charge is 0.382 e. The number of hydrogen-bond donors (Lipinski definition) is 1. The van der Waals surface area contributed by atoms with Crippen LogP contribution in [0.4, 0.5) is 5.82 Å². The number of nitrogens with zero attached hydrogens (tertiary/aromatic N) is 4. The smallest absolute Gasteiger partial charge is 0.146 e. The van der Waals surface area contributed by atoms with Gasteiger partial charge in [0.2, 0.25) is 0 Å². The molecule has 0 aliphatic heterocycles. The van der Waals surface area contributed by atoms with E-state index in [9.17, 15) is 0 Å². The fourth-order valence-corrected chi connectivity index (χ4v) is 2.25. The van der Waals surface area contributed by atoms with Crippen LogP contribution >= 0.6 is 11.6 Å². The van der Waals surface area contributed by atoms with Gasteiger partial charge in [-0.05, 0) is 30.7 Å². The molecule has 0 saturated carbocycles. The van der Waals surface area contributed by atoms with Crippen LogP contribution < -0.4 is 5.73 Å². The normalized spacial score (nSPS) is 11.1. The van der Waals surface area contributed by atoms with Gasteiger partial charge in [-0.15, -0.1) is 10.2 Å². The van der Waals surface area contributed by atoms with Crippen LogP contribution in [-0.4, -0.2) is 20.0 Å². The average molecular weight is 274 g/mol. The van der Waals surface area contributed by atoms with Crippen LogP contribution in [0.3, 0.4) is 0 Å². The Morgan fingerprint density at radius 3 is 2.79 bits per heavy atom. The summed E-state index contributed by atoms with van der Waals surface area (Å²) in [7, 11) is 0. The third kappa shape index (κ3) is 2.13. The van der Waals surface area contributed by atoms with E-state index in [0.29, 0.717) is 16.4 Å². The summed E-state index contributed by atoms with van der Waals surface area (Å²) in [5.41, 5.74) is 8.32. The Bertz CT molecular complexity index is 750. The Morgan fingerprint density at radius 1 is 1.21 bits per heavy atom. The predicted molar refractivity (Wildman–Crippen MR) is 75.9 cm³/mol. The molecule has 6 heteroatoms. The minimum absolute atomic E-state index is 0.380. The fourth-order valence-electron chi connectivity index (χ4n) is 1.98. The highest BCUT2D eigenvalue weighted by Crippen LogP contribution is 2.29. The minimum Gasteiger partial charge on any atom is -0.382 e. The highest BCUT2D eigenvalue weighted by molar-refractivity contribution is 6.35. The summed E-state index contributed by atoms with van der Waals surface area (Å²) in [5.74, 6) is 0.380. The molecule has 0 amide bonds. The second-order valence-corrected chi connectivity index (χ2v) is 4.66. The Balaban J connectivity index is 2.19. The summed E-state index contributed by atoms with van der Waals surface area (Å²) >= 11 is 6.23. The van der Waals surface area contributed by atoms with Gasteiger partial charge in [0, 0.05) is 23.7 Å². The molecule has 96 valence electrons. The molecular weight excluding hydrogens is 262 g/mol. The van der Waals surface area contributed by atoms with E-state index < -0.39 is 0 Å². The Hall–Kier alpha value is -2.14. The third-order valence-corrected chi connectivity index (χ3v) is 3.24. The zero-order valence-electron chi connectivity index (χ0n) is 10.3. The fraction of sp³-hybridized carbons (Fsp3) is 0.154. The Morgan fingerprint density at radius 2 is 2.05 bits per heavy atom. The maximum absolute atomic E-state index is 6.23. The molecule has 1 aromatic carbocycles. The SMILES string of the molecule is CCn1cc(-c2cc(Cl)c3nnc(N)cc3c2)cn1. The van der Waals surface area contributed by atoms with Crippen molar-refractivity contribution in [3.8, 4) is 11.1 Å². The summed E-state index contributed by atoms with van der Waals surface area (Å²) in [6, 6.07) is 5.62. The minimum atomic E-state index is 0.380. The molecule has 5 nitrogen and oxygen atoms in total. The van der Waals surface area contributed by atoms with Crippen molar-refractivity contribution in [1.29, 1.82) is 0 Å². The number of anilines is 1. The first-order valence-corrected chi connectivity index (χ1v) is 6.30. The van der Waals surface area contributed by atoms with E-state index in [1.54, 1.807) is 6.07 Å². The quantitative estimate of drug-likeness (QED) is 0.779. The molecule has 0 aliphatic carbocycles. The van der Waals surface area contributed by atoms with Crippen molar-refractivity contribution in [2.45, 2.75) is 13.5 Å². The molecular formula is C13H12ClN5. The molecule has 2 heterocycles. The van der Waals surface area contributed by atoms with Gasteiger partial charge in [0.05, 0.1) is 11.2 Å². The van der Waals surface area contributed by atoms with E-state index in [1.807, 2.05) is 36.1 Å². The molecule has 0 fully saturated rings. The van der Waals surface area contributed by atoms with Gasteiger partial charge in [0.1, 0.15) is 11.3 Å². The number of benzene rings is 1. The van der Waals surface area contributed by atoms with Gasteiger partial charge in [-0.2, -0.15) is 5.10 Å². The monoisotopic (exact) mass is 273 g/mol. The van der Waals surface area contributed by atoms with E-state index in [0.717, 1.165) is 23.1 Å². The molecule has 19 heavy (non-hydrogen) atoms. The van der Waals surface area contributed by atoms with E-state index in [4.69, 9.17) is 17.3 Å². The zero-order chi connectivity index (χ0) is 13.4. The topological polar surface area (TPSA) is 69.6 Å². The van der Waals surface area contributed by atoms with Crippen molar-refractivity contribution >= 4 is 28.3 Å². The molecule has 3 rings (SSSR count). The van der Waals surface area contributed by atoms with Crippen LogP contribution in [0.15, 0.2) is 30.6 Å². The Kier molecular flexibility index (Phi) is 2.83. The van der Waals surface area contributed by atoms with E-state index in [-0.39, 0.29) is 0 Å². The molecule has 0 spiro atoms. The van der Waals surface area contributed by atoms with E-state index in [1.165, 1.54) is 0 Å². The number of halogens is 1. The van der Waals surface area contributed by atoms with Gasteiger partial charge in [0.25, 0.3) is 0 Å². The average Bonchev–Trinajstić information content (AvgIpc) is 2.86. The van der Waals surface area contributed by atoms with E-state index in [2.05, 4.69) is 15.3 Å². The van der Waals surface area contributed by atoms with Gasteiger partial charge in [-0.3, -0.25) is 4.68 Å². The molecule has 0 bridgehead atoms. The molecule has 0 aliphatic rings. The zero-order valence-corrected chi connectivity index (χ0v) is 11.1. The van der Waals surface area contributed by atoms with Crippen LogP contribution in [0.2, 0.25) is 5.02 Å². The first-order chi connectivity index (χ1) is 9.17. The molecule has 0 unspecified atom stereocenters. The van der Waals surface area contributed by atoms with Crippen molar-refractivity contribution in [2.24, 2.45) is 0 Å². The van der Waals surface area contributed by atoms with Crippen molar-refractivity contribution in [3.63, 3.8) is 0 Å². The van der Waals surface area contributed by atoms with Crippen LogP contribution in [0, 0.1) is 0 Å². The number of hydrogen-bond acceptors (Lipinski definition) is 4. The molecule has 2 aromatic heterocycles. The highest BCUT2D eigenvalue weighted by Gasteiger charge is 2.08.